The molecule has 5 heteroatoms. The fourth-order valence-electron chi connectivity index (χ4n) is 1.89. The Balaban J connectivity index is 0.000000369. The first kappa shape index (κ1) is 26.5. The van der Waals surface area contributed by atoms with Gasteiger partial charge in [0.25, 0.3) is 0 Å². The van der Waals surface area contributed by atoms with Crippen molar-refractivity contribution in [3.8, 4) is 11.5 Å². The molecular formula is C24H24F2O2Zr. The van der Waals surface area contributed by atoms with Crippen LogP contribution in [0.1, 0.15) is 11.1 Å². The first-order chi connectivity index (χ1) is 13.7. The molecule has 0 atom stereocenters. The Labute approximate surface area is 189 Å². The van der Waals surface area contributed by atoms with Crippen LogP contribution in [0, 0.1) is 0 Å². The summed E-state index contributed by atoms with van der Waals surface area (Å²) in [5.41, 5.74) is 0.690. The zero-order chi connectivity index (χ0) is 20.5. The second-order valence-electron chi connectivity index (χ2n) is 5.45. The molecule has 0 saturated carbocycles. The van der Waals surface area contributed by atoms with Crippen molar-refractivity contribution in [2.75, 3.05) is 0 Å². The summed E-state index contributed by atoms with van der Waals surface area (Å²) < 4.78 is 23.7. The van der Waals surface area contributed by atoms with Gasteiger partial charge in [-0.1, -0.05) is 36.4 Å². The van der Waals surface area contributed by atoms with Gasteiger partial charge in [-0.2, -0.15) is 36.4 Å². The van der Waals surface area contributed by atoms with E-state index in [0.29, 0.717) is 11.1 Å². The van der Waals surface area contributed by atoms with Crippen LogP contribution in [0.3, 0.4) is 0 Å². The average Bonchev–Trinajstić information content (AvgIpc) is 3.48. The number of phenolic OH excluding ortho intramolecular Hbond substituents is 2. The summed E-state index contributed by atoms with van der Waals surface area (Å²) in [6.45, 7) is -1.21. The zero-order valence-corrected chi connectivity index (χ0v) is 18.4. The molecule has 0 aliphatic heterocycles. The Morgan fingerprint density at radius 2 is 0.862 bits per heavy atom. The second-order valence-corrected chi connectivity index (χ2v) is 5.45. The van der Waals surface area contributed by atoms with Crippen molar-refractivity contribution in [3.63, 3.8) is 0 Å². The molecule has 2 N–H and O–H groups in total. The van der Waals surface area contributed by atoms with Gasteiger partial charge >= 0.3 is 26.2 Å². The zero-order valence-electron chi connectivity index (χ0n) is 16.0. The van der Waals surface area contributed by atoms with Crippen LogP contribution in [0.5, 0.6) is 11.5 Å². The van der Waals surface area contributed by atoms with E-state index in [9.17, 15) is 8.78 Å². The quantitative estimate of drug-likeness (QED) is 0.325. The molecule has 4 aromatic rings. The van der Waals surface area contributed by atoms with Gasteiger partial charge in [-0.15, -0.1) is 0 Å². The third-order valence-electron chi connectivity index (χ3n) is 3.38. The first-order valence-electron chi connectivity index (χ1n) is 8.68. The summed E-state index contributed by atoms with van der Waals surface area (Å²) >= 11 is 0. The van der Waals surface area contributed by atoms with Gasteiger partial charge in [0, 0.05) is 11.1 Å². The van der Waals surface area contributed by atoms with Crippen molar-refractivity contribution in [3.05, 3.63) is 120 Å². The van der Waals surface area contributed by atoms with Gasteiger partial charge in [0.15, 0.2) is 0 Å². The maximum Gasteiger partial charge on any atom is 2.00 e. The first-order valence-corrected chi connectivity index (χ1v) is 8.68. The standard InChI is InChI=1S/2C7H7FO.2C5H5.Zr/c2*8-5-6-3-1-2-4-7(6)9;2*1-2-4-5-3-1;/h2*1-4,9H,5H2;2*1-5H;/q;;2*-1;+2. The number of benzene rings is 2. The number of rotatable bonds is 2. The predicted octanol–water partition coefficient (Wildman–Crippen LogP) is 6.53. The molecule has 4 rings (SSSR count). The molecule has 2 nitrogen and oxygen atoms in total. The minimum absolute atomic E-state index is 0. The summed E-state index contributed by atoms with van der Waals surface area (Å²) in [5, 5.41) is 17.7. The Bertz CT molecular complexity index is 726. The third kappa shape index (κ3) is 12.5. The van der Waals surface area contributed by atoms with Crippen molar-refractivity contribution >= 4 is 0 Å². The van der Waals surface area contributed by atoms with Gasteiger partial charge in [-0.25, -0.2) is 33.0 Å². The number of phenols is 2. The fraction of sp³-hybridized carbons (Fsp3) is 0.0833. The SMILES string of the molecule is Oc1ccccc1CF.Oc1ccccc1CF.[Zr+2].c1cc[cH-]c1.c1cc[cH-]c1. The number of halogens is 2. The smallest absolute Gasteiger partial charge is 0.508 e. The normalized spacial score (nSPS) is 8.62. The molecule has 0 amide bonds. The maximum atomic E-state index is 11.8. The van der Waals surface area contributed by atoms with Crippen molar-refractivity contribution in [1.82, 2.24) is 0 Å². The van der Waals surface area contributed by atoms with Gasteiger partial charge in [0.2, 0.25) is 0 Å². The van der Waals surface area contributed by atoms with E-state index in [1.54, 1.807) is 36.4 Å². The Morgan fingerprint density at radius 1 is 0.552 bits per heavy atom. The molecule has 29 heavy (non-hydrogen) atoms. The summed E-state index contributed by atoms with van der Waals surface area (Å²) in [6, 6.07) is 32.7. The van der Waals surface area contributed by atoms with Crippen molar-refractivity contribution in [1.29, 1.82) is 0 Å². The molecule has 150 valence electrons. The van der Waals surface area contributed by atoms with Crippen LogP contribution in [0.25, 0.3) is 0 Å². The number of aromatic hydroxyl groups is 2. The third-order valence-corrected chi connectivity index (χ3v) is 3.38. The van der Waals surface area contributed by atoms with Crippen molar-refractivity contribution < 1.29 is 45.2 Å². The van der Waals surface area contributed by atoms with Gasteiger partial charge in [0.1, 0.15) is 24.8 Å². The van der Waals surface area contributed by atoms with E-state index in [1.807, 2.05) is 60.7 Å². The van der Waals surface area contributed by atoms with Gasteiger partial charge < -0.3 is 10.2 Å². The minimum atomic E-state index is -0.604. The summed E-state index contributed by atoms with van der Waals surface area (Å²) in [7, 11) is 0. The van der Waals surface area contributed by atoms with E-state index in [-0.39, 0.29) is 37.7 Å². The van der Waals surface area contributed by atoms with Gasteiger partial charge in [0.05, 0.1) is 0 Å². The molecule has 0 aliphatic carbocycles. The summed E-state index contributed by atoms with van der Waals surface area (Å²) in [6.07, 6.45) is 0. The fourth-order valence-corrected chi connectivity index (χ4v) is 1.89. The Hall–Kier alpha value is -2.52. The molecule has 0 heterocycles. The monoisotopic (exact) mass is 472 g/mol. The summed E-state index contributed by atoms with van der Waals surface area (Å²) in [5.74, 6) is 0.0556. The van der Waals surface area contributed by atoms with E-state index in [4.69, 9.17) is 10.2 Å². The Morgan fingerprint density at radius 3 is 1.03 bits per heavy atom. The van der Waals surface area contributed by atoms with Crippen LogP contribution in [-0.4, -0.2) is 10.2 Å². The number of para-hydroxylation sites is 2. The molecule has 0 bridgehead atoms. The van der Waals surface area contributed by atoms with Crippen LogP contribution in [0.15, 0.2) is 109 Å². The van der Waals surface area contributed by atoms with Crippen LogP contribution in [0.2, 0.25) is 0 Å². The summed E-state index contributed by atoms with van der Waals surface area (Å²) in [4.78, 5) is 0. The average molecular weight is 474 g/mol. The van der Waals surface area contributed by atoms with Crippen molar-refractivity contribution in [2.45, 2.75) is 13.3 Å². The molecule has 0 unspecified atom stereocenters. The largest absolute Gasteiger partial charge is 2.00 e. The topological polar surface area (TPSA) is 40.5 Å². The molecule has 0 spiro atoms. The molecule has 0 aliphatic rings. The molecular weight excluding hydrogens is 449 g/mol. The van der Waals surface area contributed by atoms with Gasteiger partial charge in [-0.05, 0) is 12.1 Å². The molecule has 4 aromatic carbocycles. The van der Waals surface area contributed by atoms with Crippen LogP contribution < -0.4 is 0 Å². The number of alkyl halides is 2. The second kappa shape index (κ2) is 17.6. The van der Waals surface area contributed by atoms with E-state index in [0.717, 1.165) is 0 Å². The van der Waals surface area contributed by atoms with E-state index in [2.05, 4.69) is 0 Å². The molecule has 0 radical (unpaired) electrons. The number of hydrogen-bond acceptors (Lipinski definition) is 2. The Kier molecular flexibility index (Phi) is 16.0. The van der Waals surface area contributed by atoms with E-state index >= 15 is 0 Å². The molecule has 0 aromatic heterocycles. The van der Waals surface area contributed by atoms with Gasteiger partial charge in [-0.3, -0.25) is 0 Å². The van der Waals surface area contributed by atoms with Crippen LogP contribution >= 0.6 is 0 Å². The minimum Gasteiger partial charge on any atom is -0.508 e. The van der Waals surface area contributed by atoms with E-state index in [1.165, 1.54) is 12.1 Å². The van der Waals surface area contributed by atoms with E-state index < -0.39 is 13.3 Å². The molecule has 0 fully saturated rings. The number of hydrogen-bond donors (Lipinski definition) is 2. The van der Waals surface area contributed by atoms with Crippen molar-refractivity contribution in [2.24, 2.45) is 0 Å². The van der Waals surface area contributed by atoms with Crippen LogP contribution in [0.4, 0.5) is 8.78 Å². The predicted molar refractivity (Wildman–Crippen MR) is 110 cm³/mol. The van der Waals surface area contributed by atoms with Crippen LogP contribution in [-0.2, 0) is 39.6 Å². The molecule has 0 saturated heterocycles. The maximum absolute atomic E-state index is 11.8.